The number of amides is 1. The van der Waals surface area contributed by atoms with E-state index in [1.165, 1.54) is 5.56 Å². The van der Waals surface area contributed by atoms with Crippen LogP contribution in [0.4, 0.5) is 0 Å². The Labute approximate surface area is 91.8 Å². The molecule has 1 unspecified atom stereocenters. The minimum atomic E-state index is -0.0584. The molecule has 0 radical (unpaired) electrons. The van der Waals surface area contributed by atoms with Gasteiger partial charge in [-0.3, -0.25) is 4.79 Å². The van der Waals surface area contributed by atoms with E-state index in [0.29, 0.717) is 6.42 Å². The molecule has 2 rings (SSSR count). The van der Waals surface area contributed by atoms with Crippen LogP contribution >= 0.6 is 15.9 Å². The Morgan fingerprint density at radius 2 is 2.14 bits per heavy atom. The van der Waals surface area contributed by atoms with Gasteiger partial charge in [0.05, 0.1) is 0 Å². The number of carbonyl (C=O) groups is 1. The van der Waals surface area contributed by atoms with Crippen molar-refractivity contribution >= 4 is 21.8 Å². The Morgan fingerprint density at radius 1 is 1.43 bits per heavy atom. The van der Waals surface area contributed by atoms with E-state index in [9.17, 15) is 4.79 Å². The molecule has 1 heterocycles. The van der Waals surface area contributed by atoms with Gasteiger partial charge in [-0.25, -0.2) is 0 Å². The largest absolute Gasteiger partial charge is 0.355 e. The number of benzene rings is 1. The molecule has 0 bridgehead atoms. The molecule has 0 spiro atoms. The highest BCUT2D eigenvalue weighted by Gasteiger charge is 2.36. The molecular weight excluding hydrogens is 242 g/mol. The summed E-state index contributed by atoms with van der Waals surface area (Å²) in [6, 6.07) is 8.09. The van der Waals surface area contributed by atoms with Gasteiger partial charge in [0.1, 0.15) is 0 Å². The molecule has 74 valence electrons. The highest BCUT2D eigenvalue weighted by Crippen LogP contribution is 2.35. The van der Waals surface area contributed by atoms with Gasteiger partial charge in [-0.15, -0.1) is 0 Å². The van der Waals surface area contributed by atoms with Crippen LogP contribution in [0.25, 0.3) is 0 Å². The van der Waals surface area contributed by atoms with Gasteiger partial charge in [0.15, 0.2) is 0 Å². The third-order valence-corrected chi connectivity index (χ3v) is 3.44. The summed E-state index contributed by atoms with van der Waals surface area (Å²) in [6.45, 7) is 2.85. The molecule has 1 atom stereocenters. The minimum Gasteiger partial charge on any atom is -0.355 e. The van der Waals surface area contributed by atoms with E-state index < -0.39 is 0 Å². The van der Waals surface area contributed by atoms with Gasteiger partial charge in [0.2, 0.25) is 5.91 Å². The first-order chi connectivity index (χ1) is 6.62. The lowest BCUT2D eigenvalue weighted by Gasteiger charge is -2.23. The quantitative estimate of drug-likeness (QED) is 0.818. The zero-order valence-corrected chi connectivity index (χ0v) is 9.60. The molecular formula is C11H12BrNO. The average Bonchev–Trinajstić information content (AvgIpc) is 2.48. The fourth-order valence-corrected chi connectivity index (χ4v) is 2.68. The van der Waals surface area contributed by atoms with Gasteiger partial charge < -0.3 is 5.32 Å². The van der Waals surface area contributed by atoms with Crippen LogP contribution in [0.1, 0.15) is 18.9 Å². The van der Waals surface area contributed by atoms with Gasteiger partial charge in [-0.1, -0.05) is 41.1 Å². The fourth-order valence-electron chi connectivity index (χ4n) is 1.91. The van der Waals surface area contributed by atoms with E-state index in [1.807, 2.05) is 18.2 Å². The molecule has 0 aliphatic carbocycles. The second-order valence-corrected chi connectivity index (χ2v) is 4.85. The Kier molecular flexibility index (Phi) is 2.35. The van der Waals surface area contributed by atoms with E-state index in [0.717, 1.165) is 11.0 Å². The molecule has 1 aromatic carbocycles. The molecule has 3 heteroatoms. The number of hydrogen-bond donors (Lipinski definition) is 1. The molecule has 0 saturated carbocycles. The fraction of sp³-hybridized carbons (Fsp3) is 0.364. The zero-order chi connectivity index (χ0) is 10.2. The van der Waals surface area contributed by atoms with E-state index in [4.69, 9.17) is 0 Å². The molecule has 1 N–H and O–H groups in total. The van der Waals surface area contributed by atoms with Crippen LogP contribution in [0.5, 0.6) is 0 Å². The SMILES string of the molecule is CC1(c2ccccc2Br)CNC(=O)C1. The highest BCUT2D eigenvalue weighted by molar-refractivity contribution is 9.10. The molecule has 1 aliphatic heterocycles. The van der Waals surface area contributed by atoms with Crippen LogP contribution in [0.3, 0.4) is 0 Å². The summed E-state index contributed by atoms with van der Waals surface area (Å²) >= 11 is 3.52. The molecule has 1 aliphatic rings. The van der Waals surface area contributed by atoms with Crippen LogP contribution in [0.2, 0.25) is 0 Å². The standard InChI is InChI=1S/C11H12BrNO/c1-11(6-10(14)13-7-11)8-4-2-3-5-9(8)12/h2-5H,6-7H2,1H3,(H,13,14). The van der Waals surface area contributed by atoms with Gasteiger partial charge in [0.25, 0.3) is 0 Å². The highest BCUT2D eigenvalue weighted by atomic mass is 79.9. The van der Waals surface area contributed by atoms with Crippen LogP contribution in [-0.2, 0) is 10.2 Å². The second-order valence-electron chi connectivity index (χ2n) is 3.99. The van der Waals surface area contributed by atoms with E-state index >= 15 is 0 Å². The molecule has 1 fully saturated rings. The van der Waals surface area contributed by atoms with Crippen molar-refractivity contribution in [1.29, 1.82) is 0 Å². The summed E-state index contributed by atoms with van der Waals surface area (Å²) in [6.07, 6.45) is 0.579. The summed E-state index contributed by atoms with van der Waals surface area (Å²) in [5.41, 5.74) is 1.15. The predicted octanol–water partition coefficient (Wildman–Crippen LogP) is 2.23. The lowest BCUT2D eigenvalue weighted by molar-refractivity contribution is -0.119. The summed E-state index contributed by atoms with van der Waals surface area (Å²) in [5.74, 6) is 0.142. The first kappa shape index (κ1) is 9.71. The Bertz CT molecular complexity index is 377. The first-order valence-electron chi connectivity index (χ1n) is 4.63. The maximum Gasteiger partial charge on any atom is 0.220 e. The Balaban J connectivity index is 2.40. The van der Waals surface area contributed by atoms with Crippen molar-refractivity contribution in [2.45, 2.75) is 18.8 Å². The normalized spacial score (nSPS) is 26.3. The molecule has 1 amide bonds. The molecule has 2 nitrogen and oxygen atoms in total. The molecule has 0 aromatic heterocycles. The van der Waals surface area contributed by atoms with Crippen molar-refractivity contribution in [2.75, 3.05) is 6.54 Å². The maximum absolute atomic E-state index is 11.2. The molecule has 14 heavy (non-hydrogen) atoms. The van der Waals surface area contributed by atoms with Gasteiger partial charge in [0, 0.05) is 22.9 Å². The smallest absolute Gasteiger partial charge is 0.220 e. The van der Waals surface area contributed by atoms with Gasteiger partial charge in [-0.05, 0) is 11.6 Å². The second kappa shape index (κ2) is 3.39. The van der Waals surface area contributed by atoms with E-state index in [-0.39, 0.29) is 11.3 Å². The van der Waals surface area contributed by atoms with Crippen molar-refractivity contribution in [3.63, 3.8) is 0 Å². The monoisotopic (exact) mass is 253 g/mol. The Morgan fingerprint density at radius 3 is 2.71 bits per heavy atom. The van der Waals surface area contributed by atoms with Crippen molar-refractivity contribution in [3.8, 4) is 0 Å². The van der Waals surface area contributed by atoms with Crippen LogP contribution in [-0.4, -0.2) is 12.5 Å². The molecule has 1 aromatic rings. The molecule has 1 saturated heterocycles. The van der Waals surface area contributed by atoms with Crippen LogP contribution < -0.4 is 5.32 Å². The first-order valence-corrected chi connectivity index (χ1v) is 5.43. The number of hydrogen-bond acceptors (Lipinski definition) is 1. The van der Waals surface area contributed by atoms with Crippen LogP contribution in [0, 0.1) is 0 Å². The summed E-state index contributed by atoms with van der Waals surface area (Å²) in [7, 11) is 0. The number of nitrogens with one attached hydrogen (secondary N) is 1. The average molecular weight is 254 g/mol. The minimum absolute atomic E-state index is 0.0584. The van der Waals surface area contributed by atoms with Crippen LogP contribution in [0.15, 0.2) is 28.7 Å². The van der Waals surface area contributed by atoms with Crippen molar-refractivity contribution in [3.05, 3.63) is 34.3 Å². The summed E-state index contributed by atoms with van der Waals surface area (Å²) in [5, 5.41) is 2.88. The maximum atomic E-state index is 11.2. The number of carbonyl (C=O) groups excluding carboxylic acids is 1. The zero-order valence-electron chi connectivity index (χ0n) is 8.01. The number of halogens is 1. The lowest BCUT2D eigenvalue weighted by atomic mass is 9.82. The Hall–Kier alpha value is -0.830. The topological polar surface area (TPSA) is 29.1 Å². The predicted molar refractivity (Wildman–Crippen MR) is 59.1 cm³/mol. The van der Waals surface area contributed by atoms with Crippen molar-refractivity contribution in [2.24, 2.45) is 0 Å². The summed E-state index contributed by atoms with van der Waals surface area (Å²) < 4.78 is 1.08. The number of rotatable bonds is 1. The lowest BCUT2D eigenvalue weighted by Crippen LogP contribution is -2.25. The van der Waals surface area contributed by atoms with E-state index in [1.54, 1.807) is 0 Å². The third-order valence-electron chi connectivity index (χ3n) is 2.75. The third kappa shape index (κ3) is 1.57. The van der Waals surface area contributed by atoms with Crippen molar-refractivity contribution in [1.82, 2.24) is 5.32 Å². The van der Waals surface area contributed by atoms with Crippen molar-refractivity contribution < 1.29 is 4.79 Å². The van der Waals surface area contributed by atoms with Gasteiger partial charge >= 0.3 is 0 Å². The summed E-state index contributed by atoms with van der Waals surface area (Å²) in [4.78, 5) is 11.2. The van der Waals surface area contributed by atoms with Gasteiger partial charge in [-0.2, -0.15) is 0 Å². The van der Waals surface area contributed by atoms with E-state index in [2.05, 4.69) is 34.2 Å².